The van der Waals surface area contributed by atoms with Crippen LogP contribution in [-0.2, 0) is 5.88 Å². The van der Waals surface area contributed by atoms with Crippen molar-refractivity contribution in [3.63, 3.8) is 0 Å². The molecule has 0 spiro atoms. The maximum atomic E-state index is 9.65. The highest BCUT2D eigenvalue weighted by Gasteiger charge is 2.08. The van der Waals surface area contributed by atoms with Crippen LogP contribution in [0.3, 0.4) is 0 Å². The molecule has 2 rings (SSSR count). The highest BCUT2D eigenvalue weighted by Crippen LogP contribution is 2.38. The fourth-order valence-corrected chi connectivity index (χ4v) is 3.39. The van der Waals surface area contributed by atoms with Crippen molar-refractivity contribution in [1.29, 1.82) is 0 Å². The van der Waals surface area contributed by atoms with Gasteiger partial charge in [-0.2, -0.15) is 0 Å². The highest BCUT2D eigenvalue weighted by atomic mass is 35.5. The van der Waals surface area contributed by atoms with Crippen molar-refractivity contribution in [3.8, 4) is 5.75 Å². The van der Waals surface area contributed by atoms with Crippen LogP contribution in [0.25, 0.3) is 10.1 Å². The average molecular weight is 245 g/mol. The minimum Gasteiger partial charge on any atom is -0.507 e. The Hall–Kier alpha value is -0.380. The molecule has 2 aromatic rings. The number of hydrogen-bond donors (Lipinski definition) is 1. The molecular weight excluding hydrogens is 236 g/mol. The van der Waals surface area contributed by atoms with Gasteiger partial charge in [0.1, 0.15) is 5.75 Å². The molecule has 74 valence electrons. The number of hydrogen-bond acceptors (Lipinski definition) is 3. The van der Waals surface area contributed by atoms with Crippen molar-refractivity contribution < 1.29 is 5.11 Å². The molecule has 1 aromatic carbocycles. The minimum absolute atomic E-state index is 0.338. The predicted molar refractivity (Wildman–Crippen MR) is 64.8 cm³/mol. The molecule has 0 aliphatic rings. The van der Waals surface area contributed by atoms with Crippen LogP contribution in [0.1, 0.15) is 5.56 Å². The highest BCUT2D eigenvalue weighted by molar-refractivity contribution is 8.00. The lowest BCUT2D eigenvalue weighted by atomic mass is 10.2. The Morgan fingerprint density at radius 1 is 1.50 bits per heavy atom. The van der Waals surface area contributed by atoms with Gasteiger partial charge in [-0.3, -0.25) is 0 Å². The van der Waals surface area contributed by atoms with Crippen LogP contribution < -0.4 is 0 Å². The smallest absolute Gasteiger partial charge is 0.124 e. The van der Waals surface area contributed by atoms with Crippen LogP contribution in [0.2, 0.25) is 0 Å². The van der Waals surface area contributed by atoms with Crippen molar-refractivity contribution >= 4 is 44.8 Å². The first-order valence-corrected chi connectivity index (χ1v) is 6.68. The summed E-state index contributed by atoms with van der Waals surface area (Å²) < 4.78 is 2.30. The molecule has 1 heterocycles. The van der Waals surface area contributed by atoms with Crippen LogP contribution in [0.4, 0.5) is 0 Å². The second-order valence-corrected chi connectivity index (χ2v) is 5.32. The largest absolute Gasteiger partial charge is 0.507 e. The van der Waals surface area contributed by atoms with Crippen LogP contribution in [0, 0.1) is 0 Å². The molecule has 0 radical (unpaired) electrons. The first kappa shape index (κ1) is 10.1. The Morgan fingerprint density at radius 3 is 2.93 bits per heavy atom. The molecule has 4 heteroatoms. The summed E-state index contributed by atoms with van der Waals surface area (Å²) in [5.74, 6) is 0.830. The predicted octanol–water partition coefficient (Wildman–Crippen LogP) is 4.07. The number of rotatable bonds is 2. The number of alkyl halides is 1. The minimum atomic E-state index is 0.338. The Morgan fingerprint density at radius 2 is 2.29 bits per heavy atom. The normalized spacial score (nSPS) is 11.0. The molecule has 0 saturated carbocycles. The van der Waals surface area contributed by atoms with Crippen LogP contribution in [0.5, 0.6) is 5.75 Å². The molecule has 0 bridgehead atoms. The first-order chi connectivity index (χ1) is 6.76. The number of thioether (sulfide) groups is 1. The second-order valence-electron chi connectivity index (χ2n) is 2.89. The van der Waals surface area contributed by atoms with Crippen molar-refractivity contribution in [2.45, 2.75) is 10.1 Å². The number of halogens is 1. The van der Waals surface area contributed by atoms with E-state index in [-0.39, 0.29) is 0 Å². The standard InChI is InChI=1S/C10H9ClOS2/c1-13-9-4-7-8(12)3-2-6(5-11)10(7)14-9/h2-4,12H,5H2,1H3. The number of phenols is 1. The van der Waals surface area contributed by atoms with E-state index in [1.807, 2.05) is 18.4 Å². The number of phenolic OH excluding ortho intramolecular Hbond substituents is 1. The van der Waals surface area contributed by atoms with Gasteiger partial charge in [-0.15, -0.1) is 34.7 Å². The third-order valence-electron chi connectivity index (χ3n) is 2.06. The monoisotopic (exact) mass is 244 g/mol. The topological polar surface area (TPSA) is 20.2 Å². The summed E-state index contributed by atoms with van der Waals surface area (Å²) in [4.78, 5) is 0. The number of benzene rings is 1. The van der Waals surface area contributed by atoms with E-state index in [9.17, 15) is 5.11 Å². The third-order valence-corrected chi connectivity index (χ3v) is 4.63. The maximum absolute atomic E-state index is 9.65. The van der Waals surface area contributed by atoms with Gasteiger partial charge in [0.25, 0.3) is 0 Å². The van der Waals surface area contributed by atoms with Crippen molar-refractivity contribution in [2.24, 2.45) is 0 Å². The van der Waals surface area contributed by atoms with E-state index in [1.54, 1.807) is 29.2 Å². The Bertz CT molecular complexity index is 464. The SMILES string of the molecule is CSc1cc2c(O)ccc(CCl)c2s1. The summed E-state index contributed by atoms with van der Waals surface area (Å²) >= 11 is 9.20. The number of aromatic hydroxyl groups is 1. The average Bonchev–Trinajstić information content (AvgIpc) is 2.63. The zero-order chi connectivity index (χ0) is 10.1. The van der Waals surface area contributed by atoms with Crippen LogP contribution in [-0.4, -0.2) is 11.4 Å². The van der Waals surface area contributed by atoms with Gasteiger partial charge in [0.15, 0.2) is 0 Å². The lowest BCUT2D eigenvalue weighted by Gasteiger charge is -1.99. The molecule has 1 nitrogen and oxygen atoms in total. The summed E-state index contributed by atoms with van der Waals surface area (Å²) in [5, 5.41) is 10.6. The second kappa shape index (κ2) is 4.01. The van der Waals surface area contributed by atoms with E-state index in [2.05, 4.69) is 0 Å². The summed E-state index contributed by atoms with van der Waals surface area (Å²) in [6.07, 6.45) is 2.03. The number of fused-ring (bicyclic) bond motifs is 1. The molecule has 0 aliphatic carbocycles. The van der Waals surface area contributed by atoms with Gasteiger partial charge in [0.05, 0.1) is 4.21 Å². The van der Waals surface area contributed by atoms with E-state index in [0.717, 1.165) is 15.6 Å². The Kier molecular flexibility index (Phi) is 2.91. The lowest BCUT2D eigenvalue weighted by molar-refractivity contribution is 0.481. The summed E-state index contributed by atoms with van der Waals surface area (Å²) in [5.41, 5.74) is 1.09. The van der Waals surface area contributed by atoms with Gasteiger partial charge < -0.3 is 5.11 Å². The van der Waals surface area contributed by atoms with E-state index in [4.69, 9.17) is 11.6 Å². The molecule has 0 fully saturated rings. The quantitative estimate of drug-likeness (QED) is 0.635. The van der Waals surface area contributed by atoms with E-state index in [1.165, 1.54) is 4.21 Å². The van der Waals surface area contributed by atoms with Gasteiger partial charge in [-0.1, -0.05) is 6.07 Å². The molecular formula is C10H9ClOS2. The molecule has 0 saturated heterocycles. The van der Waals surface area contributed by atoms with Crippen molar-refractivity contribution in [2.75, 3.05) is 6.26 Å². The van der Waals surface area contributed by atoms with Gasteiger partial charge >= 0.3 is 0 Å². The number of thiophene rings is 1. The first-order valence-electron chi connectivity index (χ1n) is 4.10. The Balaban J connectivity index is 2.74. The van der Waals surface area contributed by atoms with Gasteiger partial charge in [0, 0.05) is 16.0 Å². The van der Waals surface area contributed by atoms with Gasteiger partial charge in [-0.25, -0.2) is 0 Å². The van der Waals surface area contributed by atoms with Crippen molar-refractivity contribution in [3.05, 3.63) is 23.8 Å². The molecule has 1 N–H and O–H groups in total. The molecule has 0 aliphatic heterocycles. The molecule has 14 heavy (non-hydrogen) atoms. The van der Waals surface area contributed by atoms with Gasteiger partial charge in [0.2, 0.25) is 0 Å². The fourth-order valence-electron chi connectivity index (χ4n) is 1.35. The maximum Gasteiger partial charge on any atom is 0.124 e. The zero-order valence-electron chi connectivity index (χ0n) is 7.58. The van der Waals surface area contributed by atoms with Crippen molar-refractivity contribution in [1.82, 2.24) is 0 Å². The van der Waals surface area contributed by atoms with E-state index < -0.39 is 0 Å². The molecule has 0 amide bonds. The molecule has 0 unspecified atom stereocenters. The summed E-state index contributed by atoms with van der Waals surface area (Å²) in [6, 6.07) is 5.60. The van der Waals surface area contributed by atoms with Gasteiger partial charge in [-0.05, 0) is 24.0 Å². The fraction of sp³-hybridized carbons (Fsp3) is 0.200. The molecule has 1 aromatic heterocycles. The third kappa shape index (κ3) is 1.60. The van der Waals surface area contributed by atoms with E-state index in [0.29, 0.717) is 11.6 Å². The molecule has 0 atom stereocenters. The zero-order valence-corrected chi connectivity index (χ0v) is 9.97. The summed E-state index contributed by atoms with van der Waals surface area (Å²) in [7, 11) is 0. The Labute approximate surface area is 95.7 Å². The lowest BCUT2D eigenvalue weighted by Crippen LogP contribution is -1.76. The summed E-state index contributed by atoms with van der Waals surface area (Å²) in [6.45, 7) is 0. The van der Waals surface area contributed by atoms with Crippen LogP contribution >= 0.6 is 34.7 Å². The van der Waals surface area contributed by atoms with E-state index >= 15 is 0 Å². The van der Waals surface area contributed by atoms with Crippen LogP contribution in [0.15, 0.2) is 22.4 Å².